The Bertz CT molecular complexity index is 983. The Morgan fingerprint density at radius 1 is 1.14 bits per heavy atom. The van der Waals surface area contributed by atoms with E-state index >= 15 is 0 Å². The van der Waals surface area contributed by atoms with Gasteiger partial charge in [0.1, 0.15) is 12.4 Å². The van der Waals surface area contributed by atoms with Gasteiger partial charge in [-0.3, -0.25) is 0 Å². The fourth-order valence-corrected chi connectivity index (χ4v) is 3.54. The third-order valence-electron chi connectivity index (χ3n) is 4.89. The highest BCUT2D eigenvalue weighted by Gasteiger charge is 2.33. The molecule has 2 aromatic carbocycles. The summed E-state index contributed by atoms with van der Waals surface area (Å²) in [5.41, 5.74) is 4.58. The minimum atomic E-state index is -0.606. The first-order valence-corrected chi connectivity index (χ1v) is 9.53. The van der Waals surface area contributed by atoms with Gasteiger partial charge in [-0.2, -0.15) is 0 Å². The van der Waals surface area contributed by atoms with Crippen LogP contribution in [-0.4, -0.2) is 19.1 Å². The van der Waals surface area contributed by atoms with Gasteiger partial charge in [-0.05, 0) is 61.7 Å². The number of halogens is 1. The maximum absolute atomic E-state index is 12.4. The molecule has 1 aliphatic heterocycles. The molecule has 1 aliphatic rings. The summed E-state index contributed by atoms with van der Waals surface area (Å²) >= 11 is 5.92. The number of amides is 2. The van der Waals surface area contributed by atoms with E-state index in [2.05, 4.69) is 10.6 Å². The Labute approximate surface area is 174 Å². The maximum atomic E-state index is 12.4. The van der Waals surface area contributed by atoms with Gasteiger partial charge in [-0.1, -0.05) is 29.3 Å². The van der Waals surface area contributed by atoms with Crippen LogP contribution in [0.4, 0.5) is 4.79 Å². The molecule has 0 fully saturated rings. The van der Waals surface area contributed by atoms with Crippen LogP contribution in [0.2, 0.25) is 5.02 Å². The number of benzene rings is 2. The van der Waals surface area contributed by atoms with E-state index in [1.807, 2.05) is 38.1 Å². The summed E-state index contributed by atoms with van der Waals surface area (Å²) in [4.78, 5) is 24.5. The van der Waals surface area contributed by atoms with Crippen molar-refractivity contribution >= 4 is 23.6 Å². The van der Waals surface area contributed by atoms with Gasteiger partial charge in [0.25, 0.3) is 0 Å². The first-order chi connectivity index (χ1) is 13.8. The van der Waals surface area contributed by atoms with Gasteiger partial charge in [-0.25, -0.2) is 9.59 Å². The number of rotatable bonds is 5. The van der Waals surface area contributed by atoms with Crippen LogP contribution >= 0.6 is 11.6 Å². The summed E-state index contributed by atoms with van der Waals surface area (Å²) in [6, 6.07) is 10.2. The number of carbonyl (C=O) groups is 2. The zero-order valence-electron chi connectivity index (χ0n) is 16.8. The topological polar surface area (TPSA) is 76.7 Å². The van der Waals surface area contributed by atoms with Crippen LogP contribution in [0, 0.1) is 13.8 Å². The van der Waals surface area contributed by atoms with E-state index in [0.29, 0.717) is 28.6 Å². The number of hydrogen-bond acceptors (Lipinski definition) is 4. The zero-order chi connectivity index (χ0) is 21.1. The Morgan fingerprint density at radius 2 is 1.83 bits per heavy atom. The van der Waals surface area contributed by atoms with Gasteiger partial charge in [0.15, 0.2) is 0 Å². The van der Waals surface area contributed by atoms with Crippen molar-refractivity contribution in [2.45, 2.75) is 33.4 Å². The highest BCUT2D eigenvalue weighted by molar-refractivity contribution is 6.30. The second kappa shape index (κ2) is 8.57. The number of urea groups is 1. The quantitative estimate of drug-likeness (QED) is 0.713. The normalized spacial score (nSPS) is 16.2. The predicted octanol–water partition coefficient (Wildman–Crippen LogP) is 4.34. The molecule has 1 heterocycles. The molecule has 2 aromatic rings. The van der Waals surface area contributed by atoms with Gasteiger partial charge in [0.05, 0.1) is 18.7 Å². The molecule has 152 valence electrons. The van der Waals surface area contributed by atoms with Crippen LogP contribution in [0.25, 0.3) is 0 Å². The molecule has 2 N–H and O–H groups in total. The lowest BCUT2D eigenvalue weighted by molar-refractivity contribution is -0.136. The number of esters is 1. The zero-order valence-corrected chi connectivity index (χ0v) is 17.5. The van der Waals surface area contributed by atoms with Crippen LogP contribution in [-0.2, 0) is 16.1 Å². The summed E-state index contributed by atoms with van der Waals surface area (Å²) in [5, 5.41) is 6.12. The Balaban J connectivity index is 1.97. The summed E-state index contributed by atoms with van der Waals surface area (Å²) < 4.78 is 10.8. The van der Waals surface area contributed by atoms with Crippen molar-refractivity contribution in [3.8, 4) is 5.75 Å². The van der Waals surface area contributed by atoms with Crippen LogP contribution in [0.15, 0.2) is 47.7 Å². The number of nitrogens with one attached hydrogen (secondary N) is 2. The average Bonchev–Trinajstić information content (AvgIpc) is 2.68. The number of allylic oxidation sites excluding steroid dienone is 1. The van der Waals surface area contributed by atoms with Crippen molar-refractivity contribution in [2.75, 3.05) is 7.11 Å². The standard InChI is InChI=1S/C22H23ClN2O4/c1-12-9-15(11-29-17-7-5-16(23)6-8-17)13(2)18(10-12)20-19(21(26)28-4)14(3)24-22(27)25-20/h5-10,20H,11H2,1-4H3,(H2,24,25,27). The van der Waals surface area contributed by atoms with Gasteiger partial charge < -0.3 is 20.1 Å². The average molecular weight is 415 g/mol. The number of aryl methyl sites for hydroxylation is 1. The molecule has 0 aliphatic carbocycles. The minimum absolute atomic E-state index is 0.345. The SMILES string of the molecule is COC(=O)C1=C(C)NC(=O)NC1c1cc(C)cc(COc2ccc(Cl)cc2)c1C. The van der Waals surface area contributed by atoms with Crippen LogP contribution in [0.1, 0.15) is 35.2 Å². The van der Waals surface area contributed by atoms with Crippen molar-refractivity contribution in [3.05, 3.63) is 74.9 Å². The molecule has 0 bridgehead atoms. The molecule has 0 aromatic heterocycles. The van der Waals surface area contributed by atoms with Crippen molar-refractivity contribution in [2.24, 2.45) is 0 Å². The minimum Gasteiger partial charge on any atom is -0.489 e. The number of hydrogen-bond donors (Lipinski definition) is 2. The van der Waals surface area contributed by atoms with Crippen molar-refractivity contribution in [3.63, 3.8) is 0 Å². The highest BCUT2D eigenvalue weighted by atomic mass is 35.5. The molecular weight excluding hydrogens is 392 g/mol. The highest BCUT2D eigenvalue weighted by Crippen LogP contribution is 2.32. The number of methoxy groups -OCH3 is 1. The van der Waals surface area contributed by atoms with E-state index in [9.17, 15) is 9.59 Å². The fourth-order valence-electron chi connectivity index (χ4n) is 3.41. The molecule has 2 amide bonds. The molecule has 6 nitrogen and oxygen atoms in total. The molecule has 0 saturated carbocycles. The van der Waals surface area contributed by atoms with Gasteiger partial charge >= 0.3 is 12.0 Å². The Hall–Kier alpha value is -2.99. The van der Waals surface area contributed by atoms with Gasteiger partial charge in [0.2, 0.25) is 0 Å². The Morgan fingerprint density at radius 3 is 2.48 bits per heavy atom. The molecule has 29 heavy (non-hydrogen) atoms. The first kappa shape index (κ1) is 20.7. The lowest BCUT2D eigenvalue weighted by Gasteiger charge is -2.29. The largest absolute Gasteiger partial charge is 0.489 e. The third kappa shape index (κ3) is 4.54. The predicted molar refractivity (Wildman–Crippen MR) is 111 cm³/mol. The number of ether oxygens (including phenoxy) is 2. The molecule has 7 heteroatoms. The molecule has 1 unspecified atom stereocenters. The monoisotopic (exact) mass is 414 g/mol. The summed E-state index contributed by atoms with van der Waals surface area (Å²) in [5.74, 6) is 0.220. The van der Waals surface area contributed by atoms with Crippen LogP contribution in [0.3, 0.4) is 0 Å². The van der Waals surface area contributed by atoms with E-state index in [-0.39, 0.29) is 6.03 Å². The number of carbonyl (C=O) groups excluding carboxylic acids is 2. The molecule has 0 saturated heterocycles. The molecular formula is C22H23ClN2O4. The van der Waals surface area contributed by atoms with Crippen LogP contribution < -0.4 is 15.4 Å². The first-order valence-electron chi connectivity index (χ1n) is 9.15. The van der Waals surface area contributed by atoms with E-state index in [0.717, 1.165) is 22.3 Å². The van der Waals surface area contributed by atoms with E-state index < -0.39 is 12.0 Å². The van der Waals surface area contributed by atoms with Gasteiger partial charge in [0, 0.05) is 10.7 Å². The van der Waals surface area contributed by atoms with Crippen LogP contribution in [0.5, 0.6) is 5.75 Å². The lowest BCUT2D eigenvalue weighted by Crippen LogP contribution is -2.45. The van der Waals surface area contributed by atoms with E-state index in [1.54, 1.807) is 19.1 Å². The second-order valence-corrected chi connectivity index (χ2v) is 7.38. The molecule has 0 spiro atoms. The smallest absolute Gasteiger partial charge is 0.337 e. The lowest BCUT2D eigenvalue weighted by atomic mass is 9.89. The third-order valence-corrected chi connectivity index (χ3v) is 5.15. The second-order valence-electron chi connectivity index (χ2n) is 6.94. The van der Waals surface area contributed by atoms with Gasteiger partial charge in [-0.15, -0.1) is 0 Å². The van der Waals surface area contributed by atoms with Crippen molar-refractivity contribution in [1.82, 2.24) is 10.6 Å². The molecule has 1 atom stereocenters. The summed E-state index contributed by atoms with van der Waals surface area (Å²) in [6.07, 6.45) is 0. The van der Waals surface area contributed by atoms with E-state index in [1.165, 1.54) is 7.11 Å². The summed E-state index contributed by atoms with van der Waals surface area (Å²) in [7, 11) is 1.32. The molecule has 3 rings (SSSR count). The summed E-state index contributed by atoms with van der Waals surface area (Å²) in [6.45, 7) is 5.95. The van der Waals surface area contributed by atoms with Crippen molar-refractivity contribution < 1.29 is 19.1 Å². The van der Waals surface area contributed by atoms with E-state index in [4.69, 9.17) is 21.1 Å². The fraction of sp³-hybridized carbons (Fsp3) is 0.273. The Kier molecular flexibility index (Phi) is 6.13. The maximum Gasteiger partial charge on any atom is 0.337 e. The molecule has 0 radical (unpaired) electrons. The van der Waals surface area contributed by atoms with Crippen molar-refractivity contribution in [1.29, 1.82) is 0 Å².